The molecule has 1 nitrogen and oxygen atoms in total. The van der Waals surface area contributed by atoms with Crippen molar-refractivity contribution in [1.29, 1.82) is 0 Å². The van der Waals surface area contributed by atoms with Crippen LogP contribution >= 0.6 is 0 Å². The Morgan fingerprint density at radius 2 is 1.33 bits per heavy atom. The quantitative estimate of drug-likeness (QED) is 0.511. The molecule has 0 aromatic heterocycles. The van der Waals surface area contributed by atoms with Crippen LogP contribution in [0.1, 0.15) is 54.4 Å². The number of aliphatic imine (C=N–C) groups is 1. The molecule has 1 heteroatoms. The normalized spacial score (nSPS) is 10.8. The van der Waals surface area contributed by atoms with Crippen LogP contribution in [0.5, 0.6) is 0 Å². The number of allylic oxidation sites excluding steroid dienone is 1. The Kier molecular flexibility index (Phi) is 45.9. The molecule has 1 aliphatic heterocycles. The number of rotatable bonds is 0. The van der Waals surface area contributed by atoms with Gasteiger partial charge < -0.3 is 0 Å². The summed E-state index contributed by atoms with van der Waals surface area (Å²) in [5.74, 6) is 0. The maximum Gasteiger partial charge on any atom is 0.0224 e. The molecule has 0 bridgehead atoms. The van der Waals surface area contributed by atoms with Gasteiger partial charge >= 0.3 is 0 Å². The van der Waals surface area contributed by atoms with Gasteiger partial charge in [0.2, 0.25) is 0 Å². The highest BCUT2D eigenvalue weighted by molar-refractivity contribution is 5.59. The molecule has 1 rings (SSSR count). The van der Waals surface area contributed by atoms with Gasteiger partial charge in [0.25, 0.3) is 0 Å². The van der Waals surface area contributed by atoms with Gasteiger partial charge in [-0.05, 0) is 12.8 Å². The summed E-state index contributed by atoms with van der Waals surface area (Å²) in [6.45, 7) is 12.0. The monoisotopic (exact) mass is 171 g/mol. The summed E-state index contributed by atoms with van der Waals surface area (Å²) in [5, 5.41) is 0. The van der Waals surface area contributed by atoms with Crippen molar-refractivity contribution in [2.45, 2.75) is 54.4 Å². The Hall–Kier alpha value is -0.590. The minimum Gasteiger partial charge on any atom is -0.269 e. The Morgan fingerprint density at radius 1 is 0.833 bits per heavy atom. The van der Waals surface area contributed by atoms with Crippen molar-refractivity contribution in [3.8, 4) is 0 Å². The van der Waals surface area contributed by atoms with E-state index >= 15 is 0 Å². The molecule has 0 radical (unpaired) electrons. The molecular weight excluding hydrogens is 146 g/mol. The van der Waals surface area contributed by atoms with Gasteiger partial charge in [0.15, 0.2) is 0 Å². The molecule has 0 spiro atoms. The molecule has 1 heterocycles. The van der Waals surface area contributed by atoms with E-state index in [1.165, 1.54) is 6.42 Å². The van der Waals surface area contributed by atoms with Crippen molar-refractivity contribution in [2.75, 3.05) is 0 Å². The topological polar surface area (TPSA) is 12.4 Å². The van der Waals surface area contributed by atoms with Crippen molar-refractivity contribution in [3.63, 3.8) is 0 Å². The summed E-state index contributed by atoms with van der Waals surface area (Å²) in [5.41, 5.74) is 0. The third-order valence-corrected chi connectivity index (χ3v) is 0.759. The van der Waals surface area contributed by atoms with E-state index in [9.17, 15) is 0 Å². The van der Waals surface area contributed by atoms with E-state index in [1.54, 1.807) is 0 Å². The summed E-state index contributed by atoms with van der Waals surface area (Å²) in [6.07, 6.45) is 8.13. The average molecular weight is 171 g/mol. The standard InChI is InChI=1S/C5H7N.3C2H6/c1-2-4-6-5-3-1;3*1-2/h2,4-5H,1,3H2;3*1-2H3. The van der Waals surface area contributed by atoms with Crippen molar-refractivity contribution in [2.24, 2.45) is 4.99 Å². The lowest BCUT2D eigenvalue weighted by Gasteiger charge is -1.87. The summed E-state index contributed by atoms with van der Waals surface area (Å²) >= 11 is 0. The highest BCUT2D eigenvalue weighted by atomic mass is 14.7. The molecule has 0 aromatic carbocycles. The first-order valence-corrected chi connectivity index (χ1v) is 5.17. The van der Waals surface area contributed by atoms with E-state index in [-0.39, 0.29) is 0 Å². The molecule has 74 valence electrons. The predicted molar refractivity (Wildman–Crippen MR) is 60.9 cm³/mol. The first-order valence-electron chi connectivity index (χ1n) is 5.17. The van der Waals surface area contributed by atoms with E-state index in [4.69, 9.17) is 0 Å². The maximum absolute atomic E-state index is 3.87. The first-order chi connectivity index (χ1) is 6.00. The maximum atomic E-state index is 3.87. The molecule has 0 saturated heterocycles. The lowest BCUT2D eigenvalue weighted by Crippen LogP contribution is -1.75. The Bertz CT molecular complexity index is 71.0. The first kappa shape index (κ1) is 17.5. The van der Waals surface area contributed by atoms with Crippen LogP contribution in [0.15, 0.2) is 17.3 Å². The third-order valence-electron chi connectivity index (χ3n) is 0.759. The van der Waals surface area contributed by atoms with Gasteiger partial charge in [-0.25, -0.2) is 0 Å². The summed E-state index contributed by atoms with van der Waals surface area (Å²) < 4.78 is 0. The Labute approximate surface area is 78.6 Å². The van der Waals surface area contributed by atoms with Gasteiger partial charge in [-0.1, -0.05) is 47.6 Å². The predicted octanol–water partition coefficient (Wildman–Crippen LogP) is 4.44. The molecule has 0 N–H and O–H groups in total. The molecule has 1 aliphatic rings. The fraction of sp³-hybridized carbons (Fsp3) is 0.727. The minimum absolute atomic E-state index is 1.12. The van der Waals surface area contributed by atoms with Crippen molar-refractivity contribution in [3.05, 3.63) is 12.3 Å². The molecule has 0 aliphatic carbocycles. The molecule has 0 fully saturated rings. The summed E-state index contributed by atoms with van der Waals surface area (Å²) in [7, 11) is 0. The van der Waals surface area contributed by atoms with Gasteiger partial charge in [0.05, 0.1) is 0 Å². The molecule has 0 aromatic rings. The Morgan fingerprint density at radius 3 is 1.42 bits per heavy atom. The van der Waals surface area contributed by atoms with Crippen molar-refractivity contribution >= 4 is 6.21 Å². The fourth-order valence-corrected chi connectivity index (χ4v) is 0.442. The van der Waals surface area contributed by atoms with Crippen LogP contribution in [0, 0.1) is 0 Å². The fourth-order valence-electron chi connectivity index (χ4n) is 0.442. The molecule has 12 heavy (non-hydrogen) atoms. The van der Waals surface area contributed by atoms with Crippen LogP contribution in [0.25, 0.3) is 0 Å². The van der Waals surface area contributed by atoms with Crippen LogP contribution in [0.3, 0.4) is 0 Å². The highest BCUT2D eigenvalue weighted by Gasteiger charge is 1.78. The second-order valence-corrected chi connectivity index (χ2v) is 1.29. The molecular formula is C11H25N. The minimum atomic E-state index is 1.12. The zero-order valence-electron chi connectivity index (χ0n) is 9.59. The molecule has 0 amide bonds. The Balaban J connectivity index is -0.000000117. The zero-order chi connectivity index (χ0) is 10.2. The van der Waals surface area contributed by atoms with E-state index in [2.05, 4.69) is 11.1 Å². The van der Waals surface area contributed by atoms with E-state index in [0.717, 1.165) is 6.42 Å². The number of hydrogen-bond donors (Lipinski definition) is 0. The smallest absolute Gasteiger partial charge is 0.0224 e. The second-order valence-electron chi connectivity index (χ2n) is 1.29. The van der Waals surface area contributed by atoms with Gasteiger partial charge in [-0.15, -0.1) is 0 Å². The van der Waals surface area contributed by atoms with Gasteiger partial charge in [-0.2, -0.15) is 0 Å². The number of nitrogens with zero attached hydrogens (tertiary/aromatic N) is 1. The molecule has 0 unspecified atom stereocenters. The van der Waals surface area contributed by atoms with Crippen LogP contribution in [-0.4, -0.2) is 6.21 Å². The zero-order valence-corrected chi connectivity index (χ0v) is 9.59. The van der Waals surface area contributed by atoms with Crippen LogP contribution in [0.2, 0.25) is 0 Å². The van der Waals surface area contributed by atoms with Crippen LogP contribution < -0.4 is 0 Å². The van der Waals surface area contributed by atoms with Crippen LogP contribution in [0.4, 0.5) is 0 Å². The highest BCUT2D eigenvalue weighted by Crippen LogP contribution is 1.92. The van der Waals surface area contributed by atoms with Gasteiger partial charge in [0.1, 0.15) is 0 Å². The van der Waals surface area contributed by atoms with Crippen molar-refractivity contribution in [1.82, 2.24) is 0 Å². The summed E-state index contributed by atoms with van der Waals surface area (Å²) in [4.78, 5) is 3.87. The number of hydrogen-bond acceptors (Lipinski definition) is 1. The van der Waals surface area contributed by atoms with Gasteiger partial charge in [-0.3, -0.25) is 4.99 Å². The van der Waals surface area contributed by atoms with E-state index in [0.29, 0.717) is 0 Å². The van der Waals surface area contributed by atoms with Crippen molar-refractivity contribution < 1.29 is 0 Å². The second kappa shape index (κ2) is 31.5. The van der Waals surface area contributed by atoms with Crippen LogP contribution in [-0.2, 0) is 0 Å². The molecule has 0 atom stereocenters. The van der Waals surface area contributed by atoms with Gasteiger partial charge in [0, 0.05) is 12.4 Å². The summed E-state index contributed by atoms with van der Waals surface area (Å²) in [6, 6.07) is 0. The molecule has 0 saturated carbocycles. The third kappa shape index (κ3) is 22.7. The van der Waals surface area contributed by atoms with E-state index in [1.807, 2.05) is 54.0 Å². The largest absolute Gasteiger partial charge is 0.269 e. The SMILES string of the molecule is C1=CN=CCC1.CC.CC.CC. The van der Waals surface area contributed by atoms with E-state index < -0.39 is 0 Å². The lowest BCUT2D eigenvalue weighted by atomic mass is 10.3. The lowest BCUT2D eigenvalue weighted by molar-refractivity contribution is 1.08. The average Bonchev–Trinajstić information content (AvgIpc) is 2.29.